The molecule has 18 heavy (non-hydrogen) atoms. The topological polar surface area (TPSA) is 12.0 Å². The zero-order valence-electron chi connectivity index (χ0n) is 9.81. The van der Waals surface area contributed by atoms with Gasteiger partial charge in [0.15, 0.2) is 0 Å². The molecule has 1 nitrogen and oxygen atoms in total. The van der Waals surface area contributed by atoms with E-state index in [0.29, 0.717) is 6.54 Å². The Morgan fingerprint density at radius 2 is 1.61 bits per heavy atom. The average Bonchev–Trinajstić information content (AvgIpc) is 2.35. The third-order valence-electron chi connectivity index (χ3n) is 2.63. The summed E-state index contributed by atoms with van der Waals surface area (Å²) in [7, 11) is 1.81. The Morgan fingerprint density at radius 1 is 1.00 bits per heavy atom. The molecular weight excluding hydrogens is 300 g/mol. The standard InChI is InChI=1S/C14H12BrF2N/c1-18-8-9-2-4-13(16)11(6-9)12-7-10(15)3-5-14(12)17/h2-7,18H,8H2,1H3. The van der Waals surface area contributed by atoms with Crippen molar-refractivity contribution in [1.82, 2.24) is 5.32 Å². The molecule has 2 rings (SSSR count). The van der Waals surface area contributed by atoms with Crippen molar-refractivity contribution in [2.24, 2.45) is 0 Å². The van der Waals surface area contributed by atoms with Crippen LogP contribution >= 0.6 is 15.9 Å². The molecule has 2 aromatic rings. The lowest BCUT2D eigenvalue weighted by Gasteiger charge is -2.08. The molecule has 2 aromatic carbocycles. The van der Waals surface area contributed by atoms with Gasteiger partial charge in [0.05, 0.1) is 0 Å². The second-order valence-corrected chi connectivity index (χ2v) is 4.88. The highest BCUT2D eigenvalue weighted by molar-refractivity contribution is 9.10. The molecule has 94 valence electrons. The maximum Gasteiger partial charge on any atom is 0.131 e. The third-order valence-corrected chi connectivity index (χ3v) is 3.12. The van der Waals surface area contributed by atoms with E-state index in [0.717, 1.165) is 10.0 Å². The minimum atomic E-state index is -0.432. The predicted molar refractivity (Wildman–Crippen MR) is 72.3 cm³/mol. The Labute approximate surface area is 113 Å². The normalized spacial score (nSPS) is 10.7. The lowest BCUT2D eigenvalue weighted by molar-refractivity contribution is 0.615. The molecule has 1 N–H and O–H groups in total. The number of nitrogens with one attached hydrogen (secondary N) is 1. The average molecular weight is 312 g/mol. The molecule has 0 saturated heterocycles. The molecule has 0 saturated carbocycles. The van der Waals surface area contributed by atoms with Crippen LogP contribution in [0.1, 0.15) is 5.56 Å². The molecule has 0 aromatic heterocycles. The Balaban J connectivity index is 2.55. The van der Waals surface area contributed by atoms with Crippen LogP contribution in [0.3, 0.4) is 0 Å². The van der Waals surface area contributed by atoms with Crippen molar-refractivity contribution in [2.45, 2.75) is 6.54 Å². The zero-order valence-corrected chi connectivity index (χ0v) is 11.4. The van der Waals surface area contributed by atoms with Crippen LogP contribution in [0.5, 0.6) is 0 Å². The van der Waals surface area contributed by atoms with E-state index < -0.39 is 11.6 Å². The fraction of sp³-hybridized carbons (Fsp3) is 0.143. The molecule has 0 radical (unpaired) electrons. The molecule has 0 amide bonds. The van der Waals surface area contributed by atoms with Crippen molar-refractivity contribution in [3.63, 3.8) is 0 Å². The molecule has 0 aliphatic carbocycles. The van der Waals surface area contributed by atoms with E-state index in [1.54, 1.807) is 24.3 Å². The van der Waals surface area contributed by atoms with Crippen LogP contribution in [0.4, 0.5) is 8.78 Å². The van der Waals surface area contributed by atoms with Crippen LogP contribution in [0.25, 0.3) is 11.1 Å². The van der Waals surface area contributed by atoms with Crippen LogP contribution in [-0.4, -0.2) is 7.05 Å². The molecule has 0 bridgehead atoms. The first-order valence-electron chi connectivity index (χ1n) is 5.50. The van der Waals surface area contributed by atoms with Gasteiger partial charge in [0.2, 0.25) is 0 Å². The van der Waals surface area contributed by atoms with Gasteiger partial charge in [-0.2, -0.15) is 0 Å². The Morgan fingerprint density at radius 3 is 2.28 bits per heavy atom. The van der Waals surface area contributed by atoms with Gasteiger partial charge in [0, 0.05) is 22.1 Å². The van der Waals surface area contributed by atoms with Crippen molar-refractivity contribution in [1.29, 1.82) is 0 Å². The maximum atomic E-state index is 13.8. The number of benzene rings is 2. The fourth-order valence-corrected chi connectivity index (χ4v) is 2.16. The van der Waals surface area contributed by atoms with E-state index >= 15 is 0 Å². The highest BCUT2D eigenvalue weighted by atomic mass is 79.9. The highest BCUT2D eigenvalue weighted by Crippen LogP contribution is 2.29. The first-order valence-corrected chi connectivity index (χ1v) is 6.29. The van der Waals surface area contributed by atoms with Crippen molar-refractivity contribution < 1.29 is 8.78 Å². The molecular formula is C14H12BrF2N. The summed E-state index contributed by atoms with van der Waals surface area (Å²) in [5, 5.41) is 2.98. The largest absolute Gasteiger partial charge is 0.316 e. The highest BCUT2D eigenvalue weighted by Gasteiger charge is 2.11. The summed E-state index contributed by atoms with van der Waals surface area (Å²) in [6.07, 6.45) is 0. The lowest BCUT2D eigenvalue weighted by atomic mass is 10.0. The molecule has 0 atom stereocenters. The van der Waals surface area contributed by atoms with Gasteiger partial charge >= 0.3 is 0 Å². The van der Waals surface area contributed by atoms with Gasteiger partial charge in [-0.15, -0.1) is 0 Å². The molecule has 0 unspecified atom stereocenters. The maximum absolute atomic E-state index is 13.8. The number of rotatable bonds is 3. The first kappa shape index (κ1) is 13.2. The Kier molecular flexibility index (Phi) is 4.09. The zero-order chi connectivity index (χ0) is 13.1. The van der Waals surface area contributed by atoms with E-state index in [-0.39, 0.29) is 11.1 Å². The minimum absolute atomic E-state index is 0.264. The van der Waals surface area contributed by atoms with Crippen LogP contribution in [-0.2, 0) is 6.54 Å². The summed E-state index contributed by atoms with van der Waals surface area (Å²) in [6, 6.07) is 9.21. The van der Waals surface area contributed by atoms with Gasteiger partial charge < -0.3 is 5.32 Å². The number of halogens is 3. The first-order chi connectivity index (χ1) is 8.61. The van der Waals surface area contributed by atoms with E-state index in [9.17, 15) is 8.78 Å². The number of hydrogen-bond acceptors (Lipinski definition) is 1. The van der Waals surface area contributed by atoms with Gasteiger partial charge in [-0.3, -0.25) is 0 Å². The lowest BCUT2D eigenvalue weighted by Crippen LogP contribution is -2.05. The molecule has 0 heterocycles. The summed E-state index contributed by atoms with van der Waals surface area (Å²) in [5.74, 6) is -0.856. The Hall–Kier alpha value is -1.26. The molecule has 4 heteroatoms. The van der Waals surface area contributed by atoms with Gasteiger partial charge in [-0.05, 0) is 42.9 Å². The van der Waals surface area contributed by atoms with Crippen molar-refractivity contribution >= 4 is 15.9 Å². The molecule has 0 fully saturated rings. The van der Waals surface area contributed by atoms with Gasteiger partial charge in [0.1, 0.15) is 11.6 Å². The smallest absolute Gasteiger partial charge is 0.131 e. The van der Waals surface area contributed by atoms with Crippen LogP contribution in [0.15, 0.2) is 40.9 Å². The summed E-state index contributed by atoms with van der Waals surface area (Å²) in [4.78, 5) is 0. The summed E-state index contributed by atoms with van der Waals surface area (Å²) in [5.41, 5.74) is 1.45. The van der Waals surface area contributed by atoms with Crippen LogP contribution < -0.4 is 5.32 Å². The minimum Gasteiger partial charge on any atom is -0.316 e. The van der Waals surface area contributed by atoms with Crippen LogP contribution in [0, 0.1) is 11.6 Å². The molecule has 0 aliphatic rings. The SMILES string of the molecule is CNCc1ccc(F)c(-c2cc(Br)ccc2F)c1. The quantitative estimate of drug-likeness (QED) is 0.899. The third kappa shape index (κ3) is 2.76. The summed E-state index contributed by atoms with van der Waals surface area (Å²) >= 11 is 3.27. The van der Waals surface area contributed by atoms with Gasteiger partial charge in [0.25, 0.3) is 0 Å². The second kappa shape index (κ2) is 5.59. The van der Waals surface area contributed by atoms with E-state index in [1.807, 2.05) is 7.05 Å². The van der Waals surface area contributed by atoms with Gasteiger partial charge in [-0.1, -0.05) is 22.0 Å². The fourth-order valence-electron chi connectivity index (χ4n) is 1.80. The van der Waals surface area contributed by atoms with Crippen molar-refractivity contribution in [2.75, 3.05) is 7.05 Å². The van der Waals surface area contributed by atoms with Crippen molar-refractivity contribution in [3.05, 3.63) is 58.1 Å². The number of hydrogen-bond donors (Lipinski definition) is 1. The molecule has 0 spiro atoms. The second-order valence-electron chi connectivity index (χ2n) is 3.97. The predicted octanol–water partition coefficient (Wildman–Crippen LogP) is 4.11. The summed E-state index contributed by atoms with van der Waals surface area (Å²) in [6.45, 7) is 0.614. The Bertz CT molecular complexity index is 570. The van der Waals surface area contributed by atoms with Crippen LogP contribution in [0.2, 0.25) is 0 Å². The van der Waals surface area contributed by atoms with E-state index in [4.69, 9.17) is 0 Å². The monoisotopic (exact) mass is 311 g/mol. The van der Waals surface area contributed by atoms with Crippen molar-refractivity contribution in [3.8, 4) is 11.1 Å². The van der Waals surface area contributed by atoms with Gasteiger partial charge in [-0.25, -0.2) is 8.78 Å². The summed E-state index contributed by atoms with van der Waals surface area (Å²) < 4.78 is 28.3. The van der Waals surface area contributed by atoms with E-state index in [1.165, 1.54) is 12.1 Å². The molecule has 0 aliphatic heterocycles. The van der Waals surface area contributed by atoms with E-state index in [2.05, 4.69) is 21.2 Å².